The van der Waals surface area contributed by atoms with E-state index in [-0.39, 0.29) is 5.91 Å². The van der Waals surface area contributed by atoms with Gasteiger partial charge in [0.2, 0.25) is 5.91 Å². The highest BCUT2D eigenvalue weighted by molar-refractivity contribution is 5.93. The molecule has 0 radical (unpaired) electrons. The Balaban J connectivity index is 1.83. The number of nitrogens with one attached hydrogen (secondary N) is 2. The Bertz CT molecular complexity index is 551. The highest BCUT2D eigenvalue weighted by atomic mass is 16.2. The van der Waals surface area contributed by atoms with Crippen LogP contribution in [-0.4, -0.2) is 32.0 Å². The lowest BCUT2D eigenvalue weighted by molar-refractivity contribution is -0.119. The van der Waals surface area contributed by atoms with Gasteiger partial charge in [-0.1, -0.05) is 26.0 Å². The van der Waals surface area contributed by atoms with Crippen molar-refractivity contribution in [3.05, 3.63) is 29.8 Å². The molecule has 0 saturated carbocycles. The molecule has 5 nitrogen and oxygen atoms in total. The molecular weight excluding hydrogens is 300 g/mol. The Labute approximate surface area is 145 Å². The number of carbonyl (C=O) groups is 1. The zero-order valence-electron chi connectivity index (χ0n) is 15.1. The summed E-state index contributed by atoms with van der Waals surface area (Å²) in [7, 11) is 1.79. The van der Waals surface area contributed by atoms with E-state index in [1.807, 2.05) is 17.0 Å². The van der Waals surface area contributed by atoms with Gasteiger partial charge in [0.25, 0.3) is 0 Å². The van der Waals surface area contributed by atoms with Crippen LogP contribution in [0.15, 0.2) is 29.3 Å². The highest BCUT2D eigenvalue weighted by Crippen LogP contribution is 2.21. The number of nitrogens with zero attached hydrogens (tertiary/aromatic N) is 2. The SMILES string of the molecule is CN=C(NCCC(C)C)NCc1ccc(N2CCCCC2=O)cc1. The molecule has 2 N–H and O–H groups in total. The Morgan fingerprint density at radius 1 is 1.21 bits per heavy atom. The number of hydrogen-bond acceptors (Lipinski definition) is 2. The molecule has 5 heteroatoms. The van der Waals surface area contributed by atoms with Gasteiger partial charge in [-0.3, -0.25) is 9.79 Å². The Kier molecular flexibility index (Phi) is 7.09. The van der Waals surface area contributed by atoms with Crippen molar-refractivity contribution in [1.82, 2.24) is 10.6 Å². The molecule has 1 aromatic rings. The molecule has 1 aliphatic heterocycles. The van der Waals surface area contributed by atoms with Crippen molar-refractivity contribution in [2.24, 2.45) is 10.9 Å². The standard InChI is InChI=1S/C19H30N4O/c1-15(2)11-12-21-19(20-3)22-14-16-7-9-17(10-8-16)23-13-5-4-6-18(23)24/h7-10,15H,4-6,11-14H2,1-3H3,(H2,20,21,22). The number of hydrogen-bond donors (Lipinski definition) is 2. The van der Waals surface area contributed by atoms with E-state index in [0.29, 0.717) is 12.3 Å². The van der Waals surface area contributed by atoms with E-state index < -0.39 is 0 Å². The summed E-state index contributed by atoms with van der Waals surface area (Å²) in [5.41, 5.74) is 2.18. The molecule has 0 unspecified atom stereocenters. The van der Waals surface area contributed by atoms with Gasteiger partial charge in [-0.2, -0.15) is 0 Å². The lowest BCUT2D eigenvalue weighted by atomic mass is 10.1. The highest BCUT2D eigenvalue weighted by Gasteiger charge is 2.19. The normalized spacial score (nSPS) is 15.8. The van der Waals surface area contributed by atoms with Crippen LogP contribution in [0.2, 0.25) is 0 Å². The monoisotopic (exact) mass is 330 g/mol. The van der Waals surface area contributed by atoms with Crippen LogP contribution in [-0.2, 0) is 11.3 Å². The Morgan fingerprint density at radius 2 is 1.96 bits per heavy atom. The van der Waals surface area contributed by atoms with Crippen LogP contribution in [0.5, 0.6) is 0 Å². The topological polar surface area (TPSA) is 56.7 Å². The molecule has 1 aliphatic rings. The number of guanidine groups is 1. The largest absolute Gasteiger partial charge is 0.356 e. The van der Waals surface area contributed by atoms with E-state index >= 15 is 0 Å². The zero-order chi connectivity index (χ0) is 17.4. The molecule has 0 atom stereocenters. The molecule has 1 fully saturated rings. The van der Waals surface area contributed by atoms with Gasteiger partial charge in [-0.05, 0) is 42.9 Å². The number of carbonyl (C=O) groups excluding carboxylic acids is 1. The van der Waals surface area contributed by atoms with Gasteiger partial charge in [-0.15, -0.1) is 0 Å². The van der Waals surface area contributed by atoms with Crippen LogP contribution in [0.25, 0.3) is 0 Å². The quantitative estimate of drug-likeness (QED) is 0.623. The summed E-state index contributed by atoms with van der Waals surface area (Å²) in [6.45, 7) is 6.91. The van der Waals surface area contributed by atoms with Crippen molar-refractivity contribution in [1.29, 1.82) is 0 Å². The molecule has 0 aliphatic carbocycles. The maximum atomic E-state index is 12.0. The van der Waals surface area contributed by atoms with E-state index in [2.05, 4.69) is 41.6 Å². The fourth-order valence-corrected chi connectivity index (χ4v) is 2.76. The number of rotatable bonds is 6. The first-order valence-electron chi connectivity index (χ1n) is 8.94. The molecule has 24 heavy (non-hydrogen) atoms. The molecule has 1 aromatic carbocycles. The summed E-state index contributed by atoms with van der Waals surface area (Å²) in [5, 5.41) is 6.65. The fraction of sp³-hybridized carbons (Fsp3) is 0.579. The summed E-state index contributed by atoms with van der Waals surface area (Å²) >= 11 is 0. The first-order valence-corrected chi connectivity index (χ1v) is 8.94. The fourth-order valence-electron chi connectivity index (χ4n) is 2.76. The molecule has 0 aromatic heterocycles. The minimum absolute atomic E-state index is 0.238. The smallest absolute Gasteiger partial charge is 0.226 e. The molecule has 1 saturated heterocycles. The summed E-state index contributed by atoms with van der Waals surface area (Å²) in [6.07, 6.45) is 3.90. The van der Waals surface area contributed by atoms with Crippen molar-refractivity contribution in [3.8, 4) is 0 Å². The third-order valence-electron chi connectivity index (χ3n) is 4.27. The third kappa shape index (κ3) is 5.55. The van der Waals surface area contributed by atoms with Gasteiger partial charge in [0, 0.05) is 38.8 Å². The van der Waals surface area contributed by atoms with Crippen molar-refractivity contribution < 1.29 is 4.79 Å². The molecule has 0 spiro atoms. The lowest BCUT2D eigenvalue weighted by Gasteiger charge is -2.26. The zero-order valence-corrected chi connectivity index (χ0v) is 15.1. The van der Waals surface area contributed by atoms with Crippen LogP contribution < -0.4 is 15.5 Å². The van der Waals surface area contributed by atoms with E-state index in [1.54, 1.807) is 7.05 Å². The Morgan fingerprint density at radius 3 is 2.58 bits per heavy atom. The minimum Gasteiger partial charge on any atom is -0.356 e. The first-order chi connectivity index (χ1) is 11.6. The number of amides is 1. The second-order valence-electron chi connectivity index (χ2n) is 6.70. The second-order valence-corrected chi connectivity index (χ2v) is 6.70. The average Bonchev–Trinajstić information content (AvgIpc) is 2.58. The maximum absolute atomic E-state index is 12.0. The van der Waals surface area contributed by atoms with Crippen LogP contribution in [0.4, 0.5) is 5.69 Å². The molecule has 1 heterocycles. The van der Waals surface area contributed by atoms with Crippen molar-refractivity contribution in [2.75, 3.05) is 25.0 Å². The van der Waals surface area contributed by atoms with Crippen LogP contribution in [0.1, 0.15) is 45.1 Å². The summed E-state index contributed by atoms with van der Waals surface area (Å²) in [6, 6.07) is 8.22. The van der Waals surface area contributed by atoms with Crippen LogP contribution in [0.3, 0.4) is 0 Å². The van der Waals surface area contributed by atoms with E-state index in [9.17, 15) is 4.79 Å². The maximum Gasteiger partial charge on any atom is 0.226 e. The van der Waals surface area contributed by atoms with Gasteiger partial charge in [0.05, 0.1) is 0 Å². The number of benzene rings is 1. The number of aliphatic imine (C=N–C) groups is 1. The van der Waals surface area contributed by atoms with E-state index in [4.69, 9.17) is 0 Å². The van der Waals surface area contributed by atoms with Crippen LogP contribution in [0, 0.1) is 5.92 Å². The predicted molar refractivity (Wildman–Crippen MR) is 100 cm³/mol. The van der Waals surface area contributed by atoms with Crippen molar-refractivity contribution >= 4 is 17.6 Å². The lowest BCUT2D eigenvalue weighted by Crippen LogP contribution is -2.37. The van der Waals surface area contributed by atoms with E-state index in [0.717, 1.165) is 50.5 Å². The molecule has 2 rings (SSSR count). The third-order valence-corrected chi connectivity index (χ3v) is 4.27. The summed E-state index contributed by atoms with van der Waals surface area (Å²) < 4.78 is 0. The molecule has 1 amide bonds. The Hall–Kier alpha value is -2.04. The van der Waals surface area contributed by atoms with Crippen LogP contribution >= 0.6 is 0 Å². The molecular formula is C19H30N4O. The van der Waals surface area contributed by atoms with Gasteiger partial charge in [0.15, 0.2) is 5.96 Å². The van der Waals surface area contributed by atoms with Gasteiger partial charge in [-0.25, -0.2) is 0 Å². The average molecular weight is 330 g/mol. The summed E-state index contributed by atoms with van der Waals surface area (Å²) in [5.74, 6) is 1.74. The minimum atomic E-state index is 0.238. The van der Waals surface area contributed by atoms with Gasteiger partial charge < -0.3 is 15.5 Å². The second kappa shape index (κ2) is 9.30. The number of piperidine rings is 1. The molecule has 0 bridgehead atoms. The number of anilines is 1. The molecule has 132 valence electrons. The van der Waals surface area contributed by atoms with Gasteiger partial charge >= 0.3 is 0 Å². The van der Waals surface area contributed by atoms with Crippen molar-refractivity contribution in [3.63, 3.8) is 0 Å². The predicted octanol–water partition coefficient (Wildman–Crippen LogP) is 2.91. The summed E-state index contributed by atoms with van der Waals surface area (Å²) in [4.78, 5) is 18.1. The first kappa shape index (κ1) is 18.3. The van der Waals surface area contributed by atoms with Gasteiger partial charge in [0.1, 0.15) is 0 Å². The van der Waals surface area contributed by atoms with Crippen molar-refractivity contribution in [2.45, 2.75) is 46.1 Å². The van der Waals surface area contributed by atoms with E-state index in [1.165, 1.54) is 5.56 Å².